The molecular formula is C11H18N4O. The molecule has 1 saturated carbocycles. The Morgan fingerprint density at radius 1 is 1.19 bits per heavy atom. The normalized spacial score (nSPS) is 18.7. The van der Waals surface area contributed by atoms with Crippen LogP contribution in [-0.4, -0.2) is 27.3 Å². The molecule has 0 aliphatic heterocycles. The van der Waals surface area contributed by atoms with Crippen molar-refractivity contribution >= 4 is 0 Å². The molecule has 0 unspecified atom stereocenters. The minimum atomic E-state index is -0.192. The van der Waals surface area contributed by atoms with Crippen molar-refractivity contribution < 1.29 is 4.74 Å². The van der Waals surface area contributed by atoms with Crippen LogP contribution in [0.1, 0.15) is 37.1 Å². The van der Waals surface area contributed by atoms with Gasteiger partial charge in [0.1, 0.15) is 6.61 Å². The molecule has 1 aromatic rings. The summed E-state index contributed by atoms with van der Waals surface area (Å²) in [5.74, 6) is 0. The van der Waals surface area contributed by atoms with E-state index in [1.54, 1.807) is 0 Å². The summed E-state index contributed by atoms with van der Waals surface area (Å²) in [6.07, 6.45) is 4.41. The highest BCUT2D eigenvalue weighted by molar-refractivity contribution is 5.07. The molecule has 0 amide bonds. The molecule has 1 aliphatic rings. The van der Waals surface area contributed by atoms with Gasteiger partial charge in [0, 0.05) is 0 Å². The number of aryl methyl sites for hydroxylation is 2. The summed E-state index contributed by atoms with van der Waals surface area (Å²) in [7, 11) is 0. The number of nitrogens with zero attached hydrogens (tertiary/aromatic N) is 3. The van der Waals surface area contributed by atoms with E-state index >= 15 is 0 Å². The molecule has 0 bridgehead atoms. The Morgan fingerprint density at radius 2 is 1.88 bits per heavy atom. The fraction of sp³-hybridized carbons (Fsp3) is 0.727. The standard InChI is InChI=1S/C11H18N4O/c1-8-9(2)14-15-10(13-8)16-7-11(12)5-3-4-6-11/h3-7,12H2,1-2H3. The molecule has 0 atom stereocenters. The summed E-state index contributed by atoms with van der Waals surface area (Å²) in [6.45, 7) is 4.25. The Balaban J connectivity index is 1.96. The number of nitrogens with two attached hydrogens (primary N) is 1. The first-order valence-corrected chi connectivity index (χ1v) is 5.69. The van der Waals surface area contributed by atoms with Crippen molar-refractivity contribution in [3.63, 3.8) is 0 Å². The van der Waals surface area contributed by atoms with Gasteiger partial charge in [0.05, 0.1) is 16.9 Å². The van der Waals surface area contributed by atoms with E-state index in [1.165, 1.54) is 12.8 Å². The van der Waals surface area contributed by atoms with Gasteiger partial charge < -0.3 is 10.5 Å². The van der Waals surface area contributed by atoms with Crippen LogP contribution in [0, 0.1) is 13.8 Å². The maximum Gasteiger partial charge on any atom is 0.335 e. The van der Waals surface area contributed by atoms with Gasteiger partial charge in [0.2, 0.25) is 0 Å². The molecule has 0 radical (unpaired) electrons. The molecule has 5 heteroatoms. The van der Waals surface area contributed by atoms with Crippen LogP contribution in [0.5, 0.6) is 6.01 Å². The largest absolute Gasteiger partial charge is 0.460 e. The van der Waals surface area contributed by atoms with Gasteiger partial charge in [-0.05, 0) is 26.7 Å². The Morgan fingerprint density at radius 3 is 2.50 bits per heavy atom. The molecule has 0 aromatic carbocycles. The molecule has 0 saturated heterocycles. The number of hydrogen-bond donors (Lipinski definition) is 1. The molecule has 5 nitrogen and oxygen atoms in total. The molecule has 2 N–H and O–H groups in total. The first kappa shape index (κ1) is 11.3. The second-order valence-electron chi connectivity index (χ2n) is 4.62. The van der Waals surface area contributed by atoms with Gasteiger partial charge in [-0.15, -0.1) is 5.10 Å². The number of hydrogen-bond acceptors (Lipinski definition) is 5. The molecular weight excluding hydrogens is 204 g/mol. The molecule has 2 rings (SSSR count). The summed E-state index contributed by atoms with van der Waals surface area (Å²) in [5, 5.41) is 7.86. The molecule has 0 spiro atoms. The van der Waals surface area contributed by atoms with Crippen molar-refractivity contribution in [1.29, 1.82) is 0 Å². The van der Waals surface area contributed by atoms with Gasteiger partial charge in [-0.3, -0.25) is 0 Å². The maximum absolute atomic E-state index is 6.17. The van der Waals surface area contributed by atoms with Crippen LogP contribution in [0.4, 0.5) is 0 Å². The number of rotatable bonds is 3. The lowest BCUT2D eigenvalue weighted by Gasteiger charge is -2.22. The minimum Gasteiger partial charge on any atom is -0.460 e. The summed E-state index contributed by atoms with van der Waals surface area (Å²) >= 11 is 0. The van der Waals surface area contributed by atoms with Crippen molar-refractivity contribution in [3.8, 4) is 6.01 Å². The Bertz CT molecular complexity index is 374. The number of aromatic nitrogens is 3. The molecule has 1 aliphatic carbocycles. The van der Waals surface area contributed by atoms with Crippen LogP contribution in [-0.2, 0) is 0 Å². The van der Waals surface area contributed by atoms with Gasteiger partial charge in [0.15, 0.2) is 0 Å². The van der Waals surface area contributed by atoms with E-state index in [0.29, 0.717) is 12.6 Å². The van der Waals surface area contributed by atoms with Gasteiger partial charge >= 0.3 is 6.01 Å². The molecule has 1 fully saturated rings. The van der Waals surface area contributed by atoms with Crippen LogP contribution in [0.2, 0.25) is 0 Å². The zero-order chi connectivity index (χ0) is 11.6. The average Bonchev–Trinajstić information content (AvgIpc) is 2.68. The summed E-state index contributed by atoms with van der Waals surface area (Å²) in [6, 6.07) is 0.333. The minimum absolute atomic E-state index is 0.192. The lowest BCUT2D eigenvalue weighted by molar-refractivity contribution is 0.203. The maximum atomic E-state index is 6.17. The van der Waals surface area contributed by atoms with E-state index in [2.05, 4.69) is 15.2 Å². The first-order valence-electron chi connectivity index (χ1n) is 5.69. The van der Waals surface area contributed by atoms with Crippen molar-refractivity contribution in [1.82, 2.24) is 15.2 Å². The predicted molar refractivity (Wildman–Crippen MR) is 60.2 cm³/mol. The van der Waals surface area contributed by atoms with Crippen molar-refractivity contribution in [2.24, 2.45) is 5.73 Å². The van der Waals surface area contributed by atoms with Crippen LogP contribution in [0.15, 0.2) is 0 Å². The third kappa shape index (κ3) is 2.47. The Labute approximate surface area is 95.4 Å². The predicted octanol–water partition coefficient (Wildman–Crippen LogP) is 1.14. The highest BCUT2D eigenvalue weighted by Gasteiger charge is 2.30. The van der Waals surface area contributed by atoms with Crippen molar-refractivity contribution in [2.75, 3.05) is 6.61 Å². The zero-order valence-electron chi connectivity index (χ0n) is 9.86. The van der Waals surface area contributed by atoms with E-state index in [9.17, 15) is 0 Å². The van der Waals surface area contributed by atoms with Gasteiger partial charge in [-0.25, -0.2) is 0 Å². The van der Waals surface area contributed by atoms with Gasteiger partial charge in [0.25, 0.3) is 0 Å². The summed E-state index contributed by atoms with van der Waals surface area (Å²) in [5.41, 5.74) is 7.66. The van der Waals surface area contributed by atoms with Crippen molar-refractivity contribution in [3.05, 3.63) is 11.4 Å². The van der Waals surface area contributed by atoms with Gasteiger partial charge in [-0.2, -0.15) is 4.98 Å². The zero-order valence-corrected chi connectivity index (χ0v) is 9.86. The lowest BCUT2D eigenvalue weighted by Crippen LogP contribution is -2.42. The highest BCUT2D eigenvalue weighted by Crippen LogP contribution is 2.27. The quantitative estimate of drug-likeness (QED) is 0.830. The second-order valence-corrected chi connectivity index (χ2v) is 4.62. The first-order chi connectivity index (χ1) is 7.59. The monoisotopic (exact) mass is 222 g/mol. The number of ether oxygens (including phenoxy) is 1. The van der Waals surface area contributed by atoms with Crippen LogP contribution >= 0.6 is 0 Å². The topological polar surface area (TPSA) is 73.9 Å². The lowest BCUT2D eigenvalue weighted by atomic mass is 10.0. The molecule has 1 aromatic heterocycles. The smallest absolute Gasteiger partial charge is 0.335 e. The second kappa shape index (κ2) is 4.33. The fourth-order valence-corrected chi connectivity index (χ4v) is 1.93. The van der Waals surface area contributed by atoms with Crippen LogP contribution in [0.3, 0.4) is 0 Å². The highest BCUT2D eigenvalue weighted by atomic mass is 16.5. The van der Waals surface area contributed by atoms with E-state index in [0.717, 1.165) is 24.2 Å². The summed E-state index contributed by atoms with van der Waals surface area (Å²) in [4.78, 5) is 4.21. The third-order valence-electron chi connectivity index (χ3n) is 3.16. The summed E-state index contributed by atoms with van der Waals surface area (Å²) < 4.78 is 5.52. The Kier molecular flexibility index (Phi) is 3.05. The Hall–Kier alpha value is -1.23. The van der Waals surface area contributed by atoms with Crippen LogP contribution < -0.4 is 10.5 Å². The van der Waals surface area contributed by atoms with E-state index < -0.39 is 0 Å². The van der Waals surface area contributed by atoms with Crippen molar-refractivity contribution in [2.45, 2.75) is 45.1 Å². The molecule has 88 valence electrons. The third-order valence-corrected chi connectivity index (χ3v) is 3.16. The van der Waals surface area contributed by atoms with Crippen LogP contribution in [0.25, 0.3) is 0 Å². The van der Waals surface area contributed by atoms with Gasteiger partial charge in [-0.1, -0.05) is 17.9 Å². The SMILES string of the molecule is Cc1nnc(OCC2(N)CCCC2)nc1C. The fourth-order valence-electron chi connectivity index (χ4n) is 1.93. The molecule has 16 heavy (non-hydrogen) atoms. The van der Waals surface area contributed by atoms with E-state index in [1.807, 2.05) is 13.8 Å². The average molecular weight is 222 g/mol. The van der Waals surface area contributed by atoms with E-state index in [4.69, 9.17) is 10.5 Å². The molecule has 1 heterocycles. The van der Waals surface area contributed by atoms with E-state index in [-0.39, 0.29) is 5.54 Å².